The summed E-state index contributed by atoms with van der Waals surface area (Å²) in [4.78, 5) is 16.2. The average molecular weight is 256 g/mol. The van der Waals surface area contributed by atoms with E-state index in [-0.39, 0.29) is 17.8 Å². The first-order valence-corrected chi connectivity index (χ1v) is 5.72. The van der Waals surface area contributed by atoms with Gasteiger partial charge in [0.1, 0.15) is 5.82 Å². The van der Waals surface area contributed by atoms with Crippen molar-refractivity contribution in [1.82, 2.24) is 4.98 Å². The van der Waals surface area contributed by atoms with Crippen LogP contribution in [0.4, 0.5) is 4.39 Å². The molecule has 2 rings (SSSR count). The van der Waals surface area contributed by atoms with Crippen molar-refractivity contribution < 1.29 is 9.18 Å². The van der Waals surface area contributed by atoms with E-state index in [1.165, 1.54) is 23.6 Å². The first kappa shape index (κ1) is 11.2. The number of rotatable bonds is 3. The van der Waals surface area contributed by atoms with Crippen LogP contribution in [0.5, 0.6) is 0 Å². The number of pyridine rings is 1. The lowest BCUT2D eigenvalue weighted by molar-refractivity contribution is 0.0993. The lowest BCUT2D eigenvalue weighted by atomic mass is 10.1. The molecule has 82 valence electrons. The molecule has 0 aliphatic rings. The molecule has 2 nitrogen and oxygen atoms in total. The van der Waals surface area contributed by atoms with Crippen molar-refractivity contribution in [2.24, 2.45) is 0 Å². The summed E-state index contributed by atoms with van der Waals surface area (Å²) in [7, 11) is 0. The van der Waals surface area contributed by atoms with Gasteiger partial charge in [0.25, 0.3) is 0 Å². The van der Waals surface area contributed by atoms with Crippen molar-refractivity contribution in [2.45, 2.75) is 6.42 Å². The molecule has 0 unspecified atom stereocenters. The molecule has 0 bridgehead atoms. The molecule has 0 aliphatic heterocycles. The molecule has 0 spiro atoms. The van der Waals surface area contributed by atoms with Crippen LogP contribution in [0, 0.1) is 5.82 Å². The van der Waals surface area contributed by atoms with E-state index < -0.39 is 5.82 Å². The molecule has 0 radical (unpaired) electrons. The number of Topliss-reactive ketones (excluding diaryl/α,β-unsaturated/α-hetero) is 1. The third kappa shape index (κ3) is 2.65. The lowest BCUT2D eigenvalue weighted by Crippen LogP contribution is -2.03. The van der Waals surface area contributed by atoms with Crippen LogP contribution in [0.1, 0.15) is 15.2 Å². The Bertz CT molecular complexity index is 526. The Labute approximate surface area is 101 Å². The molecule has 0 amide bonds. The van der Waals surface area contributed by atoms with Gasteiger partial charge in [0.15, 0.2) is 5.78 Å². The van der Waals surface area contributed by atoms with E-state index in [4.69, 9.17) is 11.6 Å². The summed E-state index contributed by atoms with van der Waals surface area (Å²) in [5.74, 6) is -0.666. The number of carbonyl (C=O) groups is 1. The highest BCUT2D eigenvalue weighted by molar-refractivity contribution is 7.16. The fraction of sp³-hybridized carbons (Fsp3) is 0.0909. The van der Waals surface area contributed by atoms with Gasteiger partial charge in [0.2, 0.25) is 0 Å². The van der Waals surface area contributed by atoms with E-state index in [1.54, 1.807) is 12.1 Å². The fourth-order valence-corrected chi connectivity index (χ4v) is 2.36. The molecular weight excluding hydrogens is 249 g/mol. The van der Waals surface area contributed by atoms with Crippen LogP contribution in [0.2, 0.25) is 4.34 Å². The lowest BCUT2D eigenvalue weighted by Gasteiger charge is -1.98. The van der Waals surface area contributed by atoms with E-state index in [0.29, 0.717) is 4.34 Å². The average Bonchev–Trinajstić information content (AvgIpc) is 2.64. The van der Waals surface area contributed by atoms with Crippen molar-refractivity contribution in [3.8, 4) is 0 Å². The highest BCUT2D eigenvalue weighted by atomic mass is 35.5. The number of hydrogen-bond donors (Lipinski definition) is 0. The van der Waals surface area contributed by atoms with Gasteiger partial charge in [0.05, 0.1) is 10.5 Å². The Balaban J connectivity index is 2.14. The summed E-state index contributed by atoms with van der Waals surface area (Å²) in [6.07, 6.45) is 2.65. The van der Waals surface area contributed by atoms with Gasteiger partial charge in [-0.2, -0.15) is 0 Å². The van der Waals surface area contributed by atoms with Gasteiger partial charge >= 0.3 is 0 Å². The van der Waals surface area contributed by atoms with Gasteiger partial charge in [-0.25, -0.2) is 4.39 Å². The third-order valence-corrected chi connectivity index (χ3v) is 3.22. The minimum absolute atomic E-state index is 0.162. The molecule has 0 aromatic carbocycles. The number of hydrogen-bond acceptors (Lipinski definition) is 3. The molecule has 0 aliphatic carbocycles. The maximum absolute atomic E-state index is 12.8. The zero-order chi connectivity index (χ0) is 11.5. The van der Waals surface area contributed by atoms with Crippen molar-refractivity contribution in [3.05, 3.63) is 51.2 Å². The highest BCUT2D eigenvalue weighted by Gasteiger charge is 2.09. The maximum atomic E-state index is 12.8. The summed E-state index contributed by atoms with van der Waals surface area (Å²) in [5.41, 5.74) is 0.282. The summed E-state index contributed by atoms with van der Waals surface area (Å²) in [6.45, 7) is 0. The zero-order valence-corrected chi connectivity index (χ0v) is 9.69. The number of carbonyl (C=O) groups excluding carboxylic acids is 1. The van der Waals surface area contributed by atoms with Gasteiger partial charge in [-0.3, -0.25) is 9.78 Å². The van der Waals surface area contributed by atoms with Crippen LogP contribution in [0.25, 0.3) is 0 Å². The molecule has 5 heteroatoms. The maximum Gasteiger partial charge on any atom is 0.169 e. The predicted octanol–water partition coefficient (Wildman–Crippen LogP) is 3.36. The first-order valence-electron chi connectivity index (χ1n) is 4.53. The van der Waals surface area contributed by atoms with Crippen LogP contribution in [0.3, 0.4) is 0 Å². The van der Waals surface area contributed by atoms with E-state index in [9.17, 15) is 9.18 Å². The van der Waals surface area contributed by atoms with Gasteiger partial charge in [-0.05, 0) is 18.2 Å². The molecular formula is C11H7ClFNOS. The number of aromatic nitrogens is 1. The number of ketones is 1. The second-order valence-corrected chi connectivity index (χ2v) is 5.00. The minimum atomic E-state index is -0.505. The van der Waals surface area contributed by atoms with Crippen LogP contribution in [-0.4, -0.2) is 10.8 Å². The smallest absolute Gasteiger partial charge is 0.169 e. The van der Waals surface area contributed by atoms with Crippen LogP contribution in [0.15, 0.2) is 30.6 Å². The fourth-order valence-electron chi connectivity index (χ4n) is 1.27. The molecule has 0 saturated heterocycles. The van der Waals surface area contributed by atoms with E-state index in [2.05, 4.69) is 4.98 Å². The summed E-state index contributed by atoms with van der Waals surface area (Å²) in [5, 5.41) is 0. The van der Waals surface area contributed by atoms with Gasteiger partial charge in [-0.15, -0.1) is 11.3 Å². The number of nitrogens with zero attached hydrogens (tertiary/aromatic N) is 1. The van der Waals surface area contributed by atoms with E-state index >= 15 is 0 Å². The topological polar surface area (TPSA) is 30.0 Å². The zero-order valence-electron chi connectivity index (χ0n) is 8.11. The molecule has 16 heavy (non-hydrogen) atoms. The van der Waals surface area contributed by atoms with Crippen molar-refractivity contribution in [3.63, 3.8) is 0 Å². The number of halogens is 2. The van der Waals surface area contributed by atoms with Crippen molar-refractivity contribution in [2.75, 3.05) is 0 Å². The molecule has 2 heterocycles. The molecule has 0 fully saturated rings. The first-order chi connectivity index (χ1) is 7.65. The normalized spacial score (nSPS) is 10.4. The molecule has 2 aromatic heterocycles. The van der Waals surface area contributed by atoms with Gasteiger partial charge in [-0.1, -0.05) is 11.6 Å². The monoisotopic (exact) mass is 255 g/mol. The van der Waals surface area contributed by atoms with E-state index in [1.807, 2.05) is 0 Å². The standard InChI is InChI=1S/C11H7ClFNOS/c12-11-2-1-9(16-11)4-10(15)7-3-8(13)6-14-5-7/h1-3,5-6H,4H2. The van der Waals surface area contributed by atoms with Crippen molar-refractivity contribution in [1.29, 1.82) is 0 Å². The SMILES string of the molecule is O=C(Cc1ccc(Cl)s1)c1cncc(F)c1. The van der Waals surface area contributed by atoms with Crippen LogP contribution >= 0.6 is 22.9 Å². The van der Waals surface area contributed by atoms with E-state index in [0.717, 1.165) is 11.1 Å². The largest absolute Gasteiger partial charge is 0.294 e. The Morgan fingerprint density at radius 1 is 1.44 bits per heavy atom. The Kier molecular flexibility index (Phi) is 3.31. The van der Waals surface area contributed by atoms with Crippen LogP contribution in [-0.2, 0) is 6.42 Å². The third-order valence-electron chi connectivity index (χ3n) is 1.99. The Hall–Kier alpha value is -1.26. The Morgan fingerprint density at radius 3 is 2.88 bits per heavy atom. The highest BCUT2D eigenvalue weighted by Crippen LogP contribution is 2.22. The number of thiophene rings is 1. The second kappa shape index (κ2) is 4.72. The molecule has 0 N–H and O–H groups in total. The summed E-state index contributed by atoms with van der Waals surface area (Å²) < 4.78 is 13.5. The van der Waals surface area contributed by atoms with Gasteiger partial charge < -0.3 is 0 Å². The van der Waals surface area contributed by atoms with Gasteiger partial charge in [0, 0.05) is 23.1 Å². The molecule has 2 aromatic rings. The molecule has 0 atom stereocenters. The quantitative estimate of drug-likeness (QED) is 0.787. The van der Waals surface area contributed by atoms with Crippen molar-refractivity contribution >= 4 is 28.7 Å². The summed E-state index contributed by atoms with van der Waals surface area (Å²) in [6, 6.07) is 4.71. The summed E-state index contributed by atoms with van der Waals surface area (Å²) >= 11 is 7.10. The molecule has 0 saturated carbocycles. The Morgan fingerprint density at radius 2 is 2.25 bits per heavy atom. The van der Waals surface area contributed by atoms with Crippen LogP contribution < -0.4 is 0 Å². The minimum Gasteiger partial charge on any atom is -0.294 e. The second-order valence-electron chi connectivity index (χ2n) is 3.20. The predicted molar refractivity (Wildman–Crippen MR) is 61.6 cm³/mol.